The van der Waals surface area contributed by atoms with Crippen molar-refractivity contribution >= 4 is 17.8 Å². The lowest BCUT2D eigenvalue weighted by Gasteiger charge is -2.27. The van der Waals surface area contributed by atoms with Crippen molar-refractivity contribution in [3.05, 3.63) is 0 Å². The molecule has 9 heteroatoms. The van der Waals surface area contributed by atoms with Gasteiger partial charge in [-0.3, -0.25) is 14.4 Å². The molecule has 0 saturated heterocycles. The Morgan fingerprint density at radius 3 is 1.88 bits per heavy atom. The van der Waals surface area contributed by atoms with Gasteiger partial charge in [-0.15, -0.1) is 0 Å². The topological polar surface area (TPSA) is 146 Å². The van der Waals surface area contributed by atoms with Crippen LogP contribution in [-0.4, -0.2) is 66.2 Å². The Kier molecular flexibility index (Phi) is 11.0. The molecule has 26 heavy (non-hydrogen) atoms. The molecule has 9 nitrogen and oxygen atoms in total. The summed E-state index contributed by atoms with van der Waals surface area (Å²) in [6.45, 7) is 10.3. The second-order valence-corrected chi connectivity index (χ2v) is 7.57. The number of nitrogens with two attached hydrogens (primary N) is 1. The lowest BCUT2D eigenvalue weighted by molar-refractivity contribution is -0.137. The fourth-order valence-corrected chi connectivity index (χ4v) is 2.33. The van der Waals surface area contributed by atoms with E-state index in [1.54, 1.807) is 0 Å². The van der Waals surface area contributed by atoms with Crippen LogP contribution in [0.2, 0.25) is 0 Å². The number of nitrogens with one attached hydrogen (secondary N) is 4. The molecule has 0 aliphatic carbocycles. The zero-order valence-corrected chi connectivity index (χ0v) is 16.5. The fraction of sp³-hybridized carbons (Fsp3) is 0.824. The highest BCUT2D eigenvalue weighted by Crippen LogP contribution is 2.06. The van der Waals surface area contributed by atoms with Crippen molar-refractivity contribution in [2.24, 2.45) is 5.73 Å². The SMILES string of the molecule is CC(C)N[C@@H](CN)C(=O)NCCNC(=O)[C@H](CCC(=O)O)NC(C)(C)C. The van der Waals surface area contributed by atoms with Crippen molar-refractivity contribution in [2.75, 3.05) is 19.6 Å². The number of rotatable bonds is 12. The van der Waals surface area contributed by atoms with E-state index < -0.39 is 18.1 Å². The number of hydrogen-bond donors (Lipinski definition) is 6. The molecule has 7 N–H and O–H groups in total. The van der Waals surface area contributed by atoms with Crippen LogP contribution < -0.4 is 27.0 Å². The Morgan fingerprint density at radius 1 is 1.00 bits per heavy atom. The molecule has 0 fully saturated rings. The van der Waals surface area contributed by atoms with Gasteiger partial charge in [0.2, 0.25) is 11.8 Å². The first-order chi connectivity index (χ1) is 12.0. The van der Waals surface area contributed by atoms with Gasteiger partial charge in [0.05, 0.1) is 12.1 Å². The molecule has 0 bridgehead atoms. The third-order valence-corrected chi connectivity index (χ3v) is 3.38. The molecule has 2 atom stereocenters. The van der Waals surface area contributed by atoms with Crippen molar-refractivity contribution in [1.82, 2.24) is 21.3 Å². The average molecular weight is 373 g/mol. The predicted molar refractivity (Wildman–Crippen MR) is 101 cm³/mol. The number of carboxylic acid groups (broad SMARTS) is 1. The second-order valence-electron chi connectivity index (χ2n) is 7.57. The van der Waals surface area contributed by atoms with Gasteiger partial charge in [0.25, 0.3) is 0 Å². The van der Waals surface area contributed by atoms with E-state index in [1.807, 2.05) is 34.6 Å². The van der Waals surface area contributed by atoms with E-state index in [0.29, 0.717) is 0 Å². The third-order valence-electron chi connectivity index (χ3n) is 3.38. The summed E-state index contributed by atoms with van der Waals surface area (Å²) in [6, 6.07) is -0.953. The number of carbonyl (C=O) groups excluding carboxylic acids is 2. The van der Waals surface area contributed by atoms with Crippen LogP contribution in [-0.2, 0) is 14.4 Å². The predicted octanol–water partition coefficient (Wildman–Crippen LogP) is -0.834. The summed E-state index contributed by atoms with van der Waals surface area (Å²) < 4.78 is 0. The van der Waals surface area contributed by atoms with Crippen LogP contribution in [0, 0.1) is 0 Å². The van der Waals surface area contributed by atoms with Crippen molar-refractivity contribution in [3.63, 3.8) is 0 Å². The molecule has 2 amide bonds. The van der Waals surface area contributed by atoms with Gasteiger partial charge in [-0.1, -0.05) is 13.8 Å². The van der Waals surface area contributed by atoms with Crippen LogP contribution in [0.15, 0.2) is 0 Å². The molecule has 0 aromatic heterocycles. The average Bonchev–Trinajstić information content (AvgIpc) is 2.51. The summed E-state index contributed by atoms with van der Waals surface area (Å²) in [5, 5.41) is 20.5. The Hall–Kier alpha value is -1.71. The molecule has 0 aliphatic heterocycles. The largest absolute Gasteiger partial charge is 0.481 e. The van der Waals surface area contributed by atoms with E-state index in [9.17, 15) is 14.4 Å². The minimum atomic E-state index is -0.948. The van der Waals surface area contributed by atoms with Crippen LogP contribution in [0.1, 0.15) is 47.5 Å². The maximum atomic E-state index is 12.3. The van der Waals surface area contributed by atoms with Gasteiger partial charge < -0.3 is 32.1 Å². The molecular weight excluding hydrogens is 338 g/mol. The Bertz CT molecular complexity index is 463. The molecule has 0 aromatic carbocycles. The number of carboxylic acids is 1. The standard InChI is InChI=1S/C17H35N5O4/c1-11(2)21-13(10-18)16(26)20-9-8-19-15(25)12(6-7-14(23)24)22-17(3,4)5/h11-13,21-22H,6-10,18H2,1-5H3,(H,19,25)(H,20,26)(H,23,24)/t12-,13-/m0/s1. The van der Waals surface area contributed by atoms with Crippen LogP contribution in [0.5, 0.6) is 0 Å². The first-order valence-corrected chi connectivity index (χ1v) is 8.97. The number of hydrogen-bond acceptors (Lipinski definition) is 6. The van der Waals surface area contributed by atoms with Gasteiger partial charge >= 0.3 is 5.97 Å². The van der Waals surface area contributed by atoms with Gasteiger partial charge in [0.1, 0.15) is 0 Å². The molecule has 0 aliphatic rings. The smallest absolute Gasteiger partial charge is 0.303 e. The minimum absolute atomic E-state index is 0.100. The lowest BCUT2D eigenvalue weighted by Crippen LogP contribution is -2.54. The summed E-state index contributed by atoms with van der Waals surface area (Å²) in [5.74, 6) is -1.45. The van der Waals surface area contributed by atoms with Gasteiger partial charge in [-0.2, -0.15) is 0 Å². The maximum Gasteiger partial charge on any atom is 0.303 e. The number of aliphatic carboxylic acids is 1. The molecule has 0 unspecified atom stereocenters. The van der Waals surface area contributed by atoms with Gasteiger partial charge in [-0.05, 0) is 27.2 Å². The summed E-state index contributed by atoms with van der Waals surface area (Å²) in [7, 11) is 0. The molecular formula is C17H35N5O4. The quantitative estimate of drug-likeness (QED) is 0.245. The van der Waals surface area contributed by atoms with E-state index >= 15 is 0 Å². The molecule has 0 spiro atoms. The van der Waals surface area contributed by atoms with Crippen molar-refractivity contribution in [1.29, 1.82) is 0 Å². The molecule has 152 valence electrons. The molecule has 0 aromatic rings. The van der Waals surface area contributed by atoms with Crippen LogP contribution >= 0.6 is 0 Å². The Labute approximate surface area is 155 Å². The lowest BCUT2D eigenvalue weighted by atomic mass is 10.0. The molecule has 0 heterocycles. The summed E-state index contributed by atoms with van der Waals surface area (Å²) in [6.07, 6.45) is 0.0926. The highest BCUT2D eigenvalue weighted by Gasteiger charge is 2.24. The van der Waals surface area contributed by atoms with Crippen molar-refractivity contribution in [2.45, 2.75) is 71.1 Å². The first kappa shape index (κ1) is 24.3. The molecule has 0 radical (unpaired) electrons. The zero-order chi connectivity index (χ0) is 20.3. The number of amides is 2. The highest BCUT2D eigenvalue weighted by molar-refractivity contribution is 5.83. The fourth-order valence-electron chi connectivity index (χ4n) is 2.33. The first-order valence-electron chi connectivity index (χ1n) is 8.97. The van der Waals surface area contributed by atoms with Crippen LogP contribution in [0.25, 0.3) is 0 Å². The highest BCUT2D eigenvalue weighted by atomic mass is 16.4. The summed E-state index contributed by atoms with van der Waals surface area (Å²) in [4.78, 5) is 35.1. The number of carbonyl (C=O) groups is 3. The van der Waals surface area contributed by atoms with E-state index in [-0.39, 0.29) is 55.9 Å². The van der Waals surface area contributed by atoms with Crippen LogP contribution in [0.3, 0.4) is 0 Å². The van der Waals surface area contributed by atoms with Crippen molar-refractivity contribution < 1.29 is 19.5 Å². The van der Waals surface area contributed by atoms with Gasteiger partial charge in [0.15, 0.2) is 0 Å². The zero-order valence-electron chi connectivity index (χ0n) is 16.5. The Balaban J connectivity index is 4.40. The monoisotopic (exact) mass is 373 g/mol. The Morgan fingerprint density at radius 2 is 1.50 bits per heavy atom. The van der Waals surface area contributed by atoms with Crippen molar-refractivity contribution in [3.8, 4) is 0 Å². The second kappa shape index (κ2) is 11.8. The maximum absolute atomic E-state index is 12.3. The van der Waals surface area contributed by atoms with E-state index in [4.69, 9.17) is 10.8 Å². The molecule has 0 rings (SSSR count). The van der Waals surface area contributed by atoms with E-state index in [0.717, 1.165) is 0 Å². The summed E-state index contributed by atoms with van der Waals surface area (Å²) in [5.41, 5.74) is 5.25. The molecule has 0 saturated carbocycles. The minimum Gasteiger partial charge on any atom is -0.481 e. The van der Waals surface area contributed by atoms with Gasteiger partial charge in [0, 0.05) is 37.6 Å². The van der Waals surface area contributed by atoms with Crippen LogP contribution in [0.4, 0.5) is 0 Å². The third kappa shape index (κ3) is 11.8. The normalized spacial score (nSPS) is 14.0. The van der Waals surface area contributed by atoms with E-state index in [2.05, 4.69) is 21.3 Å². The summed E-state index contributed by atoms with van der Waals surface area (Å²) >= 11 is 0. The van der Waals surface area contributed by atoms with Gasteiger partial charge in [-0.25, -0.2) is 0 Å². The van der Waals surface area contributed by atoms with E-state index in [1.165, 1.54) is 0 Å².